The van der Waals surface area contributed by atoms with Crippen LogP contribution in [0, 0.1) is 5.82 Å². The van der Waals surface area contributed by atoms with Crippen molar-refractivity contribution in [1.29, 1.82) is 0 Å². The zero-order valence-corrected chi connectivity index (χ0v) is 10.4. The fourth-order valence-corrected chi connectivity index (χ4v) is 1.71. The minimum absolute atomic E-state index is 0.0638. The van der Waals surface area contributed by atoms with E-state index in [1.165, 1.54) is 18.2 Å². The Morgan fingerprint density at radius 3 is 2.50 bits per heavy atom. The lowest BCUT2D eigenvalue weighted by Crippen LogP contribution is -2.08. The number of furan rings is 1. The summed E-state index contributed by atoms with van der Waals surface area (Å²) in [6.07, 6.45) is -4.56. The van der Waals surface area contributed by atoms with E-state index in [-0.39, 0.29) is 29.3 Å². The van der Waals surface area contributed by atoms with Crippen LogP contribution in [0.3, 0.4) is 0 Å². The van der Waals surface area contributed by atoms with Gasteiger partial charge < -0.3 is 4.42 Å². The molecule has 2 nitrogen and oxygen atoms in total. The van der Waals surface area contributed by atoms with Gasteiger partial charge >= 0.3 is 6.18 Å². The quantitative estimate of drug-likeness (QED) is 0.605. The number of benzene rings is 1. The molecule has 0 radical (unpaired) electrons. The normalized spacial score (nSPS) is 11.7. The standard InChI is InChI=1S/C14H10F4O2/c1-2-11(19)13-6-5-12(20-13)8-3-4-10(15)9(7-8)14(16,17)18/h3-7H,2H2,1H3. The minimum Gasteiger partial charge on any atom is -0.453 e. The summed E-state index contributed by atoms with van der Waals surface area (Å²) in [5.74, 6) is -1.44. The Morgan fingerprint density at radius 1 is 1.20 bits per heavy atom. The number of alkyl halides is 3. The summed E-state index contributed by atoms with van der Waals surface area (Å²) in [5.41, 5.74) is -1.30. The van der Waals surface area contributed by atoms with Crippen molar-refractivity contribution >= 4 is 5.78 Å². The van der Waals surface area contributed by atoms with Gasteiger partial charge in [-0.15, -0.1) is 0 Å². The molecule has 0 aliphatic rings. The van der Waals surface area contributed by atoms with Crippen LogP contribution in [-0.4, -0.2) is 5.78 Å². The van der Waals surface area contributed by atoms with Crippen molar-refractivity contribution < 1.29 is 26.8 Å². The fraction of sp³-hybridized carbons (Fsp3) is 0.214. The average Bonchev–Trinajstić information content (AvgIpc) is 2.86. The Kier molecular flexibility index (Phi) is 3.65. The first-order valence-electron chi connectivity index (χ1n) is 5.83. The summed E-state index contributed by atoms with van der Waals surface area (Å²) in [7, 11) is 0. The molecule has 2 aromatic rings. The molecule has 1 heterocycles. The van der Waals surface area contributed by atoms with E-state index >= 15 is 0 Å². The predicted molar refractivity (Wildman–Crippen MR) is 63.7 cm³/mol. The van der Waals surface area contributed by atoms with Gasteiger partial charge in [-0.25, -0.2) is 4.39 Å². The zero-order valence-electron chi connectivity index (χ0n) is 10.4. The van der Waals surface area contributed by atoms with Crippen LogP contribution in [0.25, 0.3) is 11.3 Å². The molecule has 0 atom stereocenters. The number of hydrogen-bond acceptors (Lipinski definition) is 2. The lowest BCUT2D eigenvalue weighted by atomic mass is 10.1. The third-order valence-corrected chi connectivity index (χ3v) is 2.76. The van der Waals surface area contributed by atoms with Crippen molar-refractivity contribution in [2.75, 3.05) is 0 Å². The lowest BCUT2D eigenvalue weighted by Gasteiger charge is -2.09. The Bertz CT molecular complexity index is 641. The monoisotopic (exact) mass is 286 g/mol. The molecule has 0 aliphatic heterocycles. The molecule has 1 aromatic carbocycles. The van der Waals surface area contributed by atoms with Gasteiger partial charge in [0.05, 0.1) is 5.56 Å². The van der Waals surface area contributed by atoms with E-state index in [2.05, 4.69) is 0 Å². The average molecular weight is 286 g/mol. The van der Waals surface area contributed by atoms with Crippen LogP contribution in [0.5, 0.6) is 0 Å². The zero-order chi connectivity index (χ0) is 14.9. The van der Waals surface area contributed by atoms with Crippen molar-refractivity contribution in [2.24, 2.45) is 0 Å². The smallest absolute Gasteiger partial charge is 0.419 e. The van der Waals surface area contributed by atoms with E-state index in [0.717, 1.165) is 6.07 Å². The minimum atomic E-state index is -4.78. The molecule has 0 saturated heterocycles. The maximum Gasteiger partial charge on any atom is 0.419 e. The number of halogens is 4. The van der Waals surface area contributed by atoms with Crippen LogP contribution in [0.1, 0.15) is 29.5 Å². The third-order valence-electron chi connectivity index (χ3n) is 2.76. The maximum absolute atomic E-state index is 13.2. The van der Waals surface area contributed by atoms with Crippen LogP contribution in [-0.2, 0) is 6.18 Å². The molecule has 0 unspecified atom stereocenters. The van der Waals surface area contributed by atoms with Gasteiger partial charge in [0.25, 0.3) is 0 Å². The molecule has 0 spiro atoms. The van der Waals surface area contributed by atoms with Crippen molar-refractivity contribution in [2.45, 2.75) is 19.5 Å². The highest BCUT2D eigenvalue weighted by molar-refractivity contribution is 5.93. The van der Waals surface area contributed by atoms with Gasteiger partial charge in [-0.3, -0.25) is 4.79 Å². The summed E-state index contributed by atoms with van der Waals surface area (Å²) in [5, 5.41) is 0. The molecule has 1 aromatic heterocycles. The van der Waals surface area contributed by atoms with Crippen molar-refractivity contribution in [1.82, 2.24) is 0 Å². The number of carbonyl (C=O) groups excluding carboxylic acids is 1. The number of hydrogen-bond donors (Lipinski definition) is 0. The first-order chi connectivity index (χ1) is 9.32. The number of rotatable bonds is 3. The Labute approximate surface area is 112 Å². The fourth-order valence-electron chi connectivity index (χ4n) is 1.71. The van der Waals surface area contributed by atoms with E-state index in [4.69, 9.17) is 4.42 Å². The first-order valence-corrected chi connectivity index (χ1v) is 5.83. The molecule has 0 amide bonds. The molecule has 0 fully saturated rings. The summed E-state index contributed by atoms with van der Waals surface area (Å²) in [4.78, 5) is 11.4. The van der Waals surface area contributed by atoms with Gasteiger partial charge in [-0.05, 0) is 30.3 Å². The maximum atomic E-state index is 13.2. The van der Waals surface area contributed by atoms with Crippen LogP contribution in [0.15, 0.2) is 34.7 Å². The van der Waals surface area contributed by atoms with Crippen molar-refractivity contribution in [3.05, 3.63) is 47.5 Å². The highest BCUT2D eigenvalue weighted by Gasteiger charge is 2.34. The Balaban J connectivity index is 2.44. The summed E-state index contributed by atoms with van der Waals surface area (Å²) in [6, 6.07) is 5.33. The second-order valence-electron chi connectivity index (χ2n) is 4.13. The van der Waals surface area contributed by atoms with Gasteiger partial charge in [0.2, 0.25) is 0 Å². The summed E-state index contributed by atoms with van der Waals surface area (Å²) < 4.78 is 56.2. The van der Waals surface area contributed by atoms with Gasteiger partial charge in [-0.2, -0.15) is 13.2 Å². The number of carbonyl (C=O) groups is 1. The molecule has 0 saturated carbocycles. The first kappa shape index (κ1) is 14.3. The van der Waals surface area contributed by atoms with E-state index in [1.54, 1.807) is 6.92 Å². The van der Waals surface area contributed by atoms with E-state index in [0.29, 0.717) is 6.07 Å². The van der Waals surface area contributed by atoms with Crippen molar-refractivity contribution in [3.8, 4) is 11.3 Å². The van der Waals surface area contributed by atoms with E-state index < -0.39 is 17.6 Å². The Morgan fingerprint density at radius 2 is 1.90 bits per heavy atom. The van der Waals surface area contributed by atoms with E-state index in [9.17, 15) is 22.4 Å². The number of ketones is 1. The second-order valence-corrected chi connectivity index (χ2v) is 4.13. The van der Waals surface area contributed by atoms with Crippen LogP contribution in [0.4, 0.5) is 17.6 Å². The number of Topliss-reactive ketones (excluding diaryl/α,β-unsaturated/α-hetero) is 1. The van der Waals surface area contributed by atoms with Gasteiger partial charge in [0.15, 0.2) is 11.5 Å². The molecular formula is C14H10F4O2. The molecule has 0 N–H and O–H groups in total. The third kappa shape index (κ3) is 2.74. The predicted octanol–water partition coefficient (Wildman–Crippen LogP) is 4.70. The molecule has 0 aliphatic carbocycles. The van der Waals surface area contributed by atoms with Gasteiger partial charge in [-0.1, -0.05) is 6.92 Å². The van der Waals surface area contributed by atoms with Gasteiger partial charge in [0, 0.05) is 12.0 Å². The second kappa shape index (κ2) is 5.11. The largest absolute Gasteiger partial charge is 0.453 e. The summed E-state index contributed by atoms with van der Waals surface area (Å²) >= 11 is 0. The summed E-state index contributed by atoms with van der Waals surface area (Å²) in [6.45, 7) is 1.64. The molecule has 2 rings (SSSR count). The molecule has 6 heteroatoms. The van der Waals surface area contributed by atoms with Crippen LogP contribution < -0.4 is 0 Å². The van der Waals surface area contributed by atoms with Gasteiger partial charge in [0.1, 0.15) is 11.6 Å². The van der Waals surface area contributed by atoms with Crippen LogP contribution in [0.2, 0.25) is 0 Å². The highest BCUT2D eigenvalue weighted by Crippen LogP contribution is 2.34. The lowest BCUT2D eigenvalue weighted by molar-refractivity contribution is -0.139. The van der Waals surface area contributed by atoms with E-state index in [1.807, 2.05) is 0 Å². The molecule has 0 bridgehead atoms. The molecular weight excluding hydrogens is 276 g/mol. The molecule has 20 heavy (non-hydrogen) atoms. The Hall–Kier alpha value is -2.11. The highest BCUT2D eigenvalue weighted by atomic mass is 19.4. The topological polar surface area (TPSA) is 30.2 Å². The van der Waals surface area contributed by atoms with Crippen molar-refractivity contribution in [3.63, 3.8) is 0 Å². The SMILES string of the molecule is CCC(=O)c1ccc(-c2ccc(F)c(C(F)(F)F)c2)o1. The molecule has 106 valence electrons. The van der Waals surface area contributed by atoms with Crippen LogP contribution >= 0.6 is 0 Å².